The van der Waals surface area contributed by atoms with Crippen LogP contribution in [-0.4, -0.2) is 30.6 Å². The van der Waals surface area contributed by atoms with E-state index in [9.17, 15) is 4.39 Å². The van der Waals surface area contributed by atoms with Crippen LogP contribution in [0, 0.1) is 5.82 Å². The first-order valence-corrected chi connectivity index (χ1v) is 7.45. The predicted octanol–water partition coefficient (Wildman–Crippen LogP) is 3.13. The van der Waals surface area contributed by atoms with Crippen molar-refractivity contribution in [3.8, 4) is 0 Å². The lowest BCUT2D eigenvalue weighted by Crippen LogP contribution is -2.45. The monoisotopic (exact) mass is 264 g/mol. The number of nitrogens with zero attached hydrogens (tertiary/aromatic N) is 1. The maximum Gasteiger partial charge on any atom is 0.123 e. The van der Waals surface area contributed by atoms with Gasteiger partial charge in [0.2, 0.25) is 0 Å². The molecule has 0 radical (unpaired) electrons. The Hall–Kier alpha value is -0.930. The smallest absolute Gasteiger partial charge is 0.123 e. The van der Waals surface area contributed by atoms with Gasteiger partial charge in [-0.3, -0.25) is 4.90 Å². The molecule has 0 aromatic heterocycles. The van der Waals surface area contributed by atoms with Gasteiger partial charge in [-0.15, -0.1) is 0 Å². The van der Waals surface area contributed by atoms with Crippen molar-refractivity contribution in [2.45, 2.75) is 44.6 Å². The standard InChI is InChI=1S/C16H25FN2/c1-2-9-19-10-4-3-8-16(19)15(12-18)13-6-5-7-14(17)11-13/h5-7,11,15-16H,2-4,8-10,12,18H2,1H3. The van der Waals surface area contributed by atoms with Crippen LogP contribution in [0.4, 0.5) is 4.39 Å². The van der Waals surface area contributed by atoms with E-state index in [0.29, 0.717) is 12.6 Å². The summed E-state index contributed by atoms with van der Waals surface area (Å²) in [6.07, 6.45) is 4.88. The number of nitrogens with two attached hydrogens (primary N) is 1. The van der Waals surface area contributed by atoms with Crippen LogP contribution in [-0.2, 0) is 0 Å². The highest BCUT2D eigenvalue weighted by molar-refractivity contribution is 5.23. The van der Waals surface area contributed by atoms with Gasteiger partial charge in [-0.05, 0) is 50.0 Å². The first-order chi connectivity index (χ1) is 9.26. The zero-order valence-corrected chi connectivity index (χ0v) is 11.8. The fraction of sp³-hybridized carbons (Fsp3) is 0.625. The molecule has 0 aliphatic carbocycles. The lowest BCUT2D eigenvalue weighted by molar-refractivity contribution is 0.127. The second kappa shape index (κ2) is 7.01. The van der Waals surface area contributed by atoms with Crippen LogP contribution < -0.4 is 5.73 Å². The summed E-state index contributed by atoms with van der Waals surface area (Å²) in [4.78, 5) is 2.55. The third kappa shape index (κ3) is 3.54. The summed E-state index contributed by atoms with van der Waals surface area (Å²) in [6, 6.07) is 7.43. The largest absolute Gasteiger partial charge is 0.330 e. The number of rotatable bonds is 5. The molecule has 1 aromatic carbocycles. The maximum atomic E-state index is 13.4. The van der Waals surface area contributed by atoms with Gasteiger partial charge >= 0.3 is 0 Å². The zero-order chi connectivity index (χ0) is 13.7. The molecule has 1 saturated heterocycles. The molecule has 2 rings (SSSR count). The van der Waals surface area contributed by atoms with Gasteiger partial charge < -0.3 is 5.73 Å². The van der Waals surface area contributed by atoms with Crippen molar-refractivity contribution in [3.63, 3.8) is 0 Å². The number of hydrogen-bond donors (Lipinski definition) is 1. The van der Waals surface area contributed by atoms with Crippen molar-refractivity contribution in [1.29, 1.82) is 0 Å². The van der Waals surface area contributed by atoms with Crippen molar-refractivity contribution in [2.24, 2.45) is 5.73 Å². The van der Waals surface area contributed by atoms with E-state index in [1.807, 2.05) is 6.07 Å². The molecule has 106 valence electrons. The molecule has 19 heavy (non-hydrogen) atoms. The Bertz CT molecular complexity index is 392. The van der Waals surface area contributed by atoms with E-state index in [-0.39, 0.29) is 11.7 Å². The average Bonchev–Trinajstić information content (AvgIpc) is 2.42. The molecule has 0 amide bonds. The van der Waals surface area contributed by atoms with Crippen molar-refractivity contribution >= 4 is 0 Å². The molecule has 1 fully saturated rings. The summed E-state index contributed by atoms with van der Waals surface area (Å²) < 4.78 is 13.4. The second-order valence-electron chi connectivity index (χ2n) is 5.50. The maximum absolute atomic E-state index is 13.4. The normalized spacial score (nSPS) is 22.4. The summed E-state index contributed by atoms with van der Waals surface area (Å²) in [5, 5.41) is 0. The average molecular weight is 264 g/mol. The van der Waals surface area contributed by atoms with E-state index in [1.54, 1.807) is 12.1 Å². The predicted molar refractivity (Wildman–Crippen MR) is 77.7 cm³/mol. The van der Waals surface area contributed by atoms with Gasteiger partial charge in [0.15, 0.2) is 0 Å². The highest BCUT2D eigenvalue weighted by Gasteiger charge is 2.29. The van der Waals surface area contributed by atoms with Crippen molar-refractivity contribution in [3.05, 3.63) is 35.6 Å². The molecule has 0 bridgehead atoms. The Morgan fingerprint density at radius 2 is 2.26 bits per heavy atom. The zero-order valence-electron chi connectivity index (χ0n) is 11.8. The summed E-state index contributed by atoms with van der Waals surface area (Å²) in [5.74, 6) is 0.0938. The number of piperidine rings is 1. The highest BCUT2D eigenvalue weighted by Crippen LogP contribution is 2.30. The number of benzene rings is 1. The van der Waals surface area contributed by atoms with Gasteiger partial charge in [0.1, 0.15) is 5.82 Å². The van der Waals surface area contributed by atoms with Crippen LogP contribution in [0.5, 0.6) is 0 Å². The van der Waals surface area contributed by atoms with Crippen LogP contribution in [0.2, 0.25) is 0 Å². The fourth-order valence-corrected chi connectivity index (χ4v) is 3.29. The van der Waals surface area contributed by atoms with Gasteiger partial charge in [-0.1, -0.05) is 25.5 Å². The van der Waals surface area contributed by atoms with Crippen LogP contribution in [0.1, 0.15) is 44.1 Å². The summed E-state index contributed by atoms with van der Waals surface area (Å²) >= 11 is 0. The number of halogens is 1. The van der Waals surface area contributed by atoms with E-state index in [0.717, 1.165) is 25.1 Å². The van der Waals surface area contributed by atoms with E-state index < -0.39 is 0 Å². The third-order valence-corrected chi connectivity index (χ3v) is 4.17. The first-order valence-electron chi connectivity index (χ1n) is 7.45. The first kappa shape index (κ1) is 14.5. The number of likely N-dealkylation sites (tertiary alicyclic amines) is 1. The Kier molecular flexibility index (Phi) is 5.34. The lowest BCUT2D eigenvalue weighted by atomic mass is 9.85. The van der Waals surface area contributed by atoms with E-state index >= 15 is 0 Å². The molecule has 1 aliphatic heterocycles. The fourth-order valence-electron chi connectivity index (χ4n) is 3.29. The minimum absolute atomic E-state index is 0.159. The molecule has 2 N–H and O–H groups in total. The molecule has 2 nitrogen and oxygen atoms in total. The molecule has 2 atom stereocenters. The molecule has 0 spiro atoms. The molecule has 2 unspecified atom stereocenters. The quantitative estimate of drug-likeness (QED) is 0.885. The van der Waals surface area contributed by atoms with Crippen LogP contribution in [0.15, 0.2) is 24.3 Å². The summed E-state index contributed by atoms with van der Waals surface area (Å²) in [5.41, 5.74) is 7.05. The van der Waals surface area contributed by atoms with Crippen molar-refractivity contribution < 1.29 is 4.39 Å². The summed E-state index contributed by atoms with van der Waals surface area (Å²) in [6.45, 7) is 5.08. The molecule has 1 aromatic rings. The Morgan fingerprint density at radius 1 is 1.42 bits per heavy atom. The number of hydrogen-bond acceptors (Lipinski definition) is 2. The van der Waals surface area contributed by atoms with Crippen LogP contribution in [0.3, 0.4) is 0 Å². The molecule has 0 saturated carbocycles. The second-order valence-corrected chi connectivity index (χ2v) is 5.50. The van der Waals surface area contributed by atoms with E-state index in [1.165, 1.54) is 25.3 Å². The molecule has 1 heterocycles. The Balaban J connectivity index is 2.19. The van der Waals surface area contributed by atoms with Crippen LogP contribution >= 0.6 is 0 Å². The molecular weight excluding hydrogens is 239 g/mol. The van der Waals surface area contributed by atoms with Gasteiger partial charge in [0, 0.05) is 18.5 Å². The topological polar surface area (TPSA) is 29.3 Å². The van der Waals surface area contributed by atoms with Crippen LogP contribution in [0.25, 0.3) is 0 Å². The lowest BCUT2D eigenvalue weighted by Gasteiger charge is -2.40. The Morgan fingerprint density at radius 3 is 2.95 bits per heavy atom. The molecule has 3 heteroatoms. The van der Waals surface area contributed by atoms with Crippen molar-refractivity contribution in [2.75, 3.05) is 19.6 Å². The van der Waals surface area contributed by atoms with Gasteiger partial charge in [0.25, 0.3) is 0 Å². The minimum atomic E-state index is -0.159. The third-order valence-electron chi connectivity index (χ3n) is 4.17. The van der Waals surface area contributed by atoms with Gasteiger partial charge in [-0.25, -0.2) is 4.39 Å². The highest BCUT2D eigenvalue weighted by atomic mass is 19.1. The van der Waals surface area contributed by atoms with Gasteiger partial charge in [0.05, 0.1) is 0 Å². The van der Waals surface area contributed by atoms with E-state index in [2.05, 4.69) is 11.8 Å². The molecular formula is C16H25FN2. The Labute approximate surface area is 115 Å². The van der Waals surface area contributed by atoms with Crippen molar-refractivity contribution in [1.82, 2.24) is 4.90 Å². The SMILES string of the molecule is CCCN1CCCCC1C(CN)c1cccc(F)c1. The minimum Gasteiger partial charge on any atom is -0.330 e. The van der Waals surface area contributed by atoms with E-state index in [4.69, 9.17) is 5.73 Å². The molecule has 1 aliphatic rings. The summed E-state index contributed by atoms with van der Waals surface area (Å²) in [7, 11) is 0. The van der Waals surface area contributed by atoms with Gasteiger partial charge in [-0.2, -0.15) is 0 Å².